The first-order valence-corrected chi connectivity index (χ1v) is 6.80. The van der Waals surface area contributed by atoms with E-state index in [9.17, 15) is 9.59 Å². The maximum Gasteiger partial charge on any atom is 0.321 e. The molecule has 1 atom stereocenters. The van der Waals surface area contributed by atoms with Gasteiger partial charge in [-0.2, -0.15) is 0 Å². The van der Waals surface area contributed by atoms with Crippen LogP contribution in [0.4, 0.5) is 9.93 Å². The molecule has 98 valence electrons. The highest BCUT2D eigenvalue weighted by Gasteiger charge is 2.24. The molecule has 3 amide bonds. The van der Waals surface area contributed by atoms with E-state index < -0.39 is 12.1 Å². The Morgan fingerprint density at radius 3 is 2.78 bits per heavy atom. The molecule has 0 bridgehead atoms. The summed E-state index contributed by atoms with van der Waals surface area (Å²) in [5, 5.41) is 7.50. The standard InChI is InChI=1S/C11H16N4O2S/c1-8(9(16)15-5-2-3-6-15)13-10(17)14-11-12-4-7-18-11/h4,7-8H,2-3,5-6H2,1H3,(H2,12,13,14,17)/t8-/m1/s1. The van der Waals surface area contributed by atoms with E-state index in [1.807, 2.05) is 0 Å². The number of likely N-dealkylation sites (tertiary alicyclic amines) is 1. The quantitative estimate of drug-likeness (QED) is 0.867. The largest absolute Gasteiger partial charge is 0.341 e. The lowest BCUT2D eigenvalue weighted by Gasteiger charge is -2.20. The molecule has 2 rings (SSSR count). The molecule has 0 aliphatic carbocycles. The van der Waals surface area contributed by atoms with Crippen LogP contribution in [-0.2, 0) is 4.79 Å². The van der Waals surface area contributed by atoms with Gasteiger partial charge >= 0.3 is 6.03 Å². The van der Waals surface area contributed by atoms with Gasteiger partial charge in [0.15, 0.2) is 5.13 Å². The molecule has 6 nitrogen and oxygen atoms in total. The summed E-state index contributed by atoms with van der Waals surface area (Å²) in [5.74, 6) is -0.0261. The smallest absolute Gasteiger partial charge is 0.321 e. The maximum absolute atomic E-state index is 12.0. The Morgan fingerprint density at radius 2 is 2.17 bits per heavy atom. The Balaban J connectivity index is 1.81. The van der Waals surface area contributed by atoms with Gasteiger partial charge in [-0.1, -0.05) is 0 Å². The van der Waals surface area contributed by atoms with Crippen LogP contribution in [0.25, 0.3) is 0 Å². The lowest BCUT2D eigenvalue weighted by atomic mass is 10.3. The highest BCUT2D eigenvalue weighted by atomic mass is 32.1. The second-order valence-electron chi connectivity index (χ2n) is 4.19. The number of nitrogens with zero attached hydrogens (tertiary/aromatic N) is 2. The molecule has 0 unspecified atom stereocenters. The monoisotopic (exact) mass is 268 g/mol. The Bertz CT molecular complexity index is 415. The van der Waals surface area contributed by atoms with E-state index in [-0.39, 0.29) is 5.91 Å². The van der Waals surface area contributed by atoms with Gasteiger partial charge < -0.3 is 10.2 Å². The van der Waals surface area contributed by atoms with Crippen molar-refractivity contribution >= 4 is 28.4 Å². The molecule has 0 aromatic carbocycles. The van der Waals surface area contributed by atoms with Crippen LogP contribution in [0.5, 0.6) is 0 Å². The van der Waals surface area contributed by atoms with Gasteiger partial charge in [-0.25, -0.2) is 9.78 Å². The van der Waals surface area contributed by atoms with Crippen LogP contribution in [-0.4, -0.2) is 41.0 Å². The Labute approximate surface area is 109 Å². The first-order chi connectivity index (χ1) is 8.66. The molecule has 1 aromatic rings. The van der Waals surface area contributed by atoms with Crippen molar-refractivity contribution < 1.29 is 9.59 Å². The molecular weight excluding hydrogens is 252 g/mol. The number of urea groups is 1. The van der Waals surface area contributed by atoms with Crippen molar-refractivity contribution in [2.24, 2.45) is 0 Å². The number of nitrogens with one attached hydrogen (secondary N) is 2. The summed E-state index contributed by atoms with van der Waals surface area (Å²) in [6, 6.07) is -0.909. The van der Waals surface area contributed by atoms with Gasteiger partial charge in [0.25, 0.3) is 0 Å². The number of anilines is 1. The number of aromatic nitrogens is 1. The third-order valence-electron chi connectivity index (χ3n) is 2.79. The van der Waals surface area contributed by atoms with Gasteiger partial charge in [-0.3, -0.25) is 10.1 Å². The van der Waals surface area contributed by atoms with Crippen molar-refractivity contribution in [1.82, 2.24) is 15.2 Å². The van der Waals surface area contributed by atoms with E-state index in [1.165, 1.54) is 11.3 Å². The third-order valence-corrected chi connectivity index (χ3v) is 3.48. The van der Waals surface area contributed by atoms with Crippen LogP contribution in [0.3, 0.4) is 0 Å². The molecule has 0 spiro atoms. The van der Waals surface area contributed by atoms with E-state index in [1.54, 1.807) is 23.4 Å². The molecule has 1 aliphatic rings. The minimum atomic E-state index is -0.511. The molecule has 7 heteroatoms. The first kappa shape index (κ1) is 12.8. The van der Waals surface area contributed by atoms with Crippen LogP contribution in [0.1, 0.15) is 19.8 Å². The fourth-order valence-electron chi connectivity index (χ4n) is 1.89. The Hall–Kier alpha value is -1.63. The van der Waals surface area contributed by atoms with Gasteiger partial charge in [0, 0.05) is 24.7 Å². The summed E-state index contributed by atoms with van der Waals surface area (Å²) in [7, 11) is 0. The lowest BCUT2D eigenvalue weighted by molar-refractivity contribution is -0.131. The van der Waals surface area contributed by atoms with Crippen molar-refractivity contribution in [3.8, 4) is 0 Å². The summed E-state index contributed by atoms with van der Waals surface area (Å²) in [4.78, 5) is 29.3. The number of hydrogen-bond donors (Lipinski definition) is 2. The molecule has 1 aliphatic heterocycles. The van der Waals surface area contributed by atoms with Crippen molar-refractivity contribution in [3.05, 3.63) is 11.6 Å². The number of rotatable bonds is 3. The molecule has 0 saturated carbocycles. The van der Waals surface area contributed by atoms with Crippen LogP contribution >= 0.6 is 11.3 Å². The summed E-state index contributed by atoms with van der Waals surface area (Å²) >= 11 is 1.33. The minimum absolute atomic E-state index is 0.0261. The molecule has 2 heterocycles. The van der Waals surface area contributed by atoms with Gasteiger partial charge in [0.1, 0.15) is 6.04 Å². The summed E-state index contributed by atoms with van der Waals surface area (Å²) in [6.07, 6.45) is 3.70. The summed E-state index contributed by atoms with van der Waals surface area (Å²) in [5.41, 5.74) is 0. The van der Waals surface area contributed by atoms with Crippen molar-refractivity contribution in [2.75, 3.05) is 18.4 Å². The van der Waals surface area contributed by atoms with Crippen LogP contribution < -0.4 is 10.6 Å². The van der Waals surface area contributed by atoms with Crippen LogP contribution in [0.2, 0.25) is 0 Å². The van der Waals surface area contributed by atoms with Gasteiger partial charge in [-0.15, -0.1) is 11.3 Å². The van der Waals surface area contributed by atoms with E-state index in [0.717, 1.165) is 25.9 Å². The molecule has 0 radical (unpaired) electrons. The zero-order valence-corrected chi connectivity index (χ0v) is 11.0. The maximum atomic E-state index is 12.0. The molecule has 18 heavy (non-hydrogen) atoms. The van der Waals surface area contributed by atoms with Gasteiger partial charge in [-0.05, 0) is 19.8 Å². The topological polar surface area (TPSA) is 74.3 Å². The van der Waals surface area contributed by atoms with Crippen molar-refractivity contribution in [3.63, 3.8) is 0 Å². The van der Waals surface area contributed by atoms with Crippen LogP contribution in [0.15, 0.2) is 11.6 Å². The molecule has 2 N–H and O–H groups in total. The van der Waals surface area contributed by atoms with Crippen molar-refractivity contribution in [2.45, 2.75) is 25.8 Å². The average Bonchev–Trinajstić information content (AvgIpc) is 2.99. The number of carbonyl (C=O) groups is 2. The first-order valence-electron chi connectivity index (χ1n) is 5.92. The highest BCUT2D eigenvalue weighted by Crippen LogP contribution is 2.11. The molecule has 1 saturated heterocycles. The zero-order valence-electron chi connectivity index (χ0n) is 10.2. The Kier molecular flexibility index (Phi) is 4.14. The van der Waals surface area contributed by atoms with E-state index in [2.05, 4.69) is 15.6 Å². The molecular formula is C11H16N4O2S. The predicted molar refractivity (Wildman–Crippen MR) is 69.5 cm³/mol. The second kappa shape index (κ2) is 5.81. The third kappa shape index (κ3) is 3.19. The SMILES string of the molecule is C[C@@H](NC(=O)Nc1nccs1)C(=O)N1CCCC1. The fourth-order valence-corrected chi connectivity index (χ4v) is 2.41. The van der Waals surface area contributed by atoms with E-state index >= 15 is 0 Å². The predicted octanol–water partition coefficient (Wildman–Crippen LogP) is 1.28. The van der Waals surface area contributed by atoms with Crippen molar-refractivity contribution in [1.29, 1.82) is 0 Å². The normalized spacial score (nSPS) is 16.4. The number of amides is 3. The van der Waals surface area contributed by atoms with Gasteiger partial charge in [0.05, 0.1) is 0 Å². The average molecular weight is 268 g/mol. The Morgan fingerprint density at radius 1 is 1.44 bits per heavy atom. The molecule has 1 aromatic heterocycles. The minimum Gasteiger partial charge on any atom is -0.341 e. The second-order valence-corrected chi connectivity index (χ2v) is 5.08. The van der Waals surface area contributed by atoms with E-state index in [0.29, 0.717) is 5.13 Å². The number of hydrogen-bond acceptors (Lipinski definition) is 4. The van der Waals surface area contributed by atoms with Gasteiger partial charge in [0.2, 0.25) is 5.91 Å². The summed E-state index contributed by atoms with van der Waals surface area (Å²) in [6.45, 7) is 3.28. The highest BCUT2D eigenvalue weighted by molar-refractivity contribution is 7.13. The number of thiazole rings is 1. The lowest BCUT2D eigenvalue weighted by Crippen LogP contribution is -2.47. The zero-order chi connectivity index (χ0) is 13.0. The number of carbonyl (C=O) groups excluding carboxylic acids is 2. The summed E-state index contributed by atoms with van der Waals surface area (Å²) < 4.78 is 0. The van der Waals surface area contributed by atoms with Crippen LogP contribution in [0, 0.1) is 0 Å². The fraction of sp³-hybridized carbons (Fsp3) is 0.545. The van der Waals surface area contributed by atoms with E-state index in [4.69, 9.17) is 0 Å². The molecule has 1 fully saturated rings.